The number of aromatic nitrogens is 2. The Bertz CT molecular complexity index is 820. The van der Waals surface area contributed by atoms with E-state index in [0.29, 0.717) is 24.5 Å². The van der Waals surface area contributed by atoms with Crippen LogP contribution in [-0.2, 0) is 9.59 Å². The van der Waals surface area contributed by atoms with Gasteiger partial charge in [-0.3, -0.25) is 14.9 Å². The van der Waals surface area contributed by atoms with Crippen LogP contribution in [0.1, 0.15) is 57.4 Å². The predicted octanol–water partition coefficient (Wildman–Crippen LogP) is 4.41. The van der Waals surface area contributed by atoms with Crippen molar-refractivity contribution >= 4 is 28.3 Å². The van der Waals surface area contributed by atoms with Crippen molar-refractivity contribution in [1.82, 2.24) is 15.1 Å². The second-order valence-corrected chi connectivity index (χ2v) is 8.30. The molecule has 6 nitrogen and oxygen atoms in total. The third kappa shape index (κ3) is 5.16. The van der Waals surface area contributed by atoms with Crippen LogP contribution in [0, 0.1) is 6.92 Å². The van der Waals surface area contributed by atoms with Crippen molar-refractivity contribution in [3.8, 4) is 10.6 Å². The van der Waals surface area contributed by atoms with E-state index in [2.05, 4.69) is 22.4 Å². The van der Waals surface area contributed by atoms with E-state index in [0.717, 1.165) is 48.2 Å². The van der Waals surface area contributed by atoms with Crippen LogP contribution in [0.5, 0.6) is 0 Å². The lowest BCUT2D eigenvalue weighted by Crippen LogP contribution is -2.43. The Morgan fingerprint density at radius 3 is 2.89 bits per heavy atom. The second-order valence-electron chi connectivity index (χ2n) is 7.33. The Kier molecular flexibility index (Phi) is 7.14. The lowest BCUT2D eigenvalue weighted by molar-refractivity contribution is -0.136. The average molecular weight is 401 g/mol. The van der Waals surface area contributed by atoms with E-state index < -0.39 is 6.04 Å². The van der Waals surface area contributed by atoms with Gasteiger partial charge in [0, 0.05) is 18.5 Å². The first-order valence-corrected chi connectivity index (χ1v) is 10.9. The summed E-state index contributed by atoms with van der Waals surface area (Å²) in [6, 6.07) is 7.63. The third-order valence-electron chi connectivity index (χ3n) is 5.04. The number of benzene rings is 1. The summed E-state index contributed by atoms with van der Waals surface area (Å²) in [6.07, 6.45) is 6.36. The molecule has 2 aromatic rings. The molecular weight excluding hydrogens is 372 g/mol. The zero-order valence-electron chi connectivity index (χ0n) is 16.6. The van der Waals surface area contributed by atoms with Crippen LogP contribution in [0.4, 0.5) is 5.13 Å². The molecule has 1 saturated heterocycles. The van der Waals surface area contributed by atoms with Gasteiger partial charge < -0.3 is 4.90 Å². The number of carbonyl (C=O) groups excluding carboxylic acids is 2. The zero-order valence-corrected chi connectivity index (χ0v) is 17.4. The highest BCUT2D eigenvalue weighted by atomic mass is 32.1. The first kappa shape index (κ1) is 20.5. The number of amides is 2. The van der Waals surface area contributed by atoms with Crippen LogP contribution in [-0.4, -0.2) is 39.5 Å². The van der Waals surface area contributed by atoms with Crippen molar-refractivity contribution in [3.63, 3.8) is 0 Å². The number of nitrogens with zero attached hydrogens (tertiary/aromatic N) is 3. The summed E-state index contributed by atoms with van der Waals surface area (Å²) in [6.45, 7) is 4.84. The SMILES string of the molecule is CCCCCCC(=O)N1CCCC1C(=O)Nc1nnc(-c2cccc(C)c2)s1. The predicted molar refractivity (Wildman–Crippen MR) is 112 cm³/mol. The van der Waals surface area contributed by atoms with E-state index in [1.807, 2.05) is 31.2 Å². The lowest BCUT2D eigenvalue weighted by atomic mass is 10.1. The summed E-state index contributed by atoms with van der Waals surface area (Å²) in [5, 5.41) is 12.4. The van der Waals surface area contributed by atoms with Crippen LogP contribution in [0.2, 0.25) is 0 Å². The number of likely N-dealkylation sites (tertiary alicyclic amines) is 1. The molecule has 1 N–H and O–H groups in total. The highest BCUT2D eigenvalue weighted by Crippen LogP contribution is 2.28. The Morgan fingerprint density at radius 2 is 2.11 bits per heavy atom. The number of nitrogens with one attached hydrogen (secondary N) is 1. The number of aryl methyl sites for hydroxylation is 1. The highest BCUT2D eigenvalue weighted by Gasteiger charge is 2.34. The van der Waals surface area contributed by atoms with Crippen molar-refractivity contribution in [2.75, 3.05) is 11.9 Å². The van der Waals surface area contributed by atoms with E-state index in [4.69, 9.17) is 0 Å². The van der Waals surface area contributed by atoms with Crippen LogP contribution < -0.4 is 5.32 Å². The molecule has 28 heavy (non-hydrogen) atoms. The Morgan fingerprint density at radius 1 is 1.25 bits per heavy atom. The summed E-state index contributed by atoms with van der Waals surface area (Å²) in [5.41, 5.74) is 2.14. The summed E-state index contributed by atoms with van der Waals surface area (Å²) in [4.78, 5) is 27.0. The number of anilines is 1. The van der Waals surface area contributed by atoms with Crippen LogP contribution >= 0.6 is 11.3 Å². The van der Waals surface area contributed by atoms with Crippen LogP contribution in [0.3, 0.4) is 0 Å². The first-order chi connectivity index (χ1) is 13.6. The molecule has 2 heterocycles. The van der Waals surface area contributed by atoms with Crippen molar-refractivity contribution in [2.45, 2.75) is 64.8 Å². The Labute approximate surface area is 170 Å². The zero-order chi connectivity index (χ0) is 19.9. The van der Waals surface area contributed by atoms with Crippen molar-refractivity contribution < 1.29 is 9.59 Å². The number of hydrogen-bond donors (Lipinski definition) is 1. The van der Waals surface area contributed by atoms with Gasteiger partial charge in [-0.15, -0.1) is 10.2 Å². The van der Waals surface area contributed by atoms with Gasteiger partial charge in [0.05, 0.1) is 0 Å². The Hall–Kier alpha value is -2.28. The molecule has 1 fully saturated rings. The second kappa shape index (κ2) is 9.78. The van der Waals surface area contributed by atoms with Gasteiger partial charge in [0.15, 0.2) is 0 Å². The van der Waals surface area contributed by atoms with E-state index in [1.54, 1.807) is 4.90 Å². The molecule has 150 valence electrons. The quantitative estimate of drug-likeness (QED) is 0.666. The maximum Gasteiger partial charge on any atom is 0.249 e. The molecule has 1 aliphatic heterocycles. The molecule has 0 saturated carbocycles. The van der Waals surface area contributed by atoms with Gasteiger partial charge in [-0.05, 0) is 32.3 Å². The topological polar surface area (TPSA) is 75.2 Å². The molecule has 7 heteroatoms. The van der Waals surface area contributed by atoms with Gasteiger partial charge in [0.1, 0.15) is 11.0 Å². The minimum atomic E-state index is -0.398. The summed E-state index contributed by atoms with van der Waals surface area (Å²) in [7, 11) is 0. The third-order valence-corrected chi connectivity index (χ3v) is 5.93. The normalized spacial score (nSPS) is 16.4. The molecule has 0 aliphatic carbocycles. The van der Waals surface area contributed by atoms with E-state index in [1.165, 1.54) is 11.3 Å². The minimum absolute atomic E-state index is 0.0893. The molecular formula is C21H28N4O2S. The number of carbonyl (C=O) groups is 2. The smallest absolute Gasteiger partial charge is 0.249 e. The van der Waals surface area contributed by atoms with Gasteiger partial charge in [0.25, 0.3) is 0 Å². The van der Waals surface area contributed by atoms with Gasteiger partial charge in [0.2, 0.25) is 16.9 Å². The molecule has 0 bridgehead atoms. The fourth-order valence-corrected chi connectivity index (χ4v) is 4.28. The molecule has 3 rings (SSSR count). The number of unbranched alkanes of at least 4 members (excludes halogenated alkanes) is 3. The summed E-state index contributed by atoms with van der Waals surface area (Å²) >= 11 is 1.35. The standard InChI is InChI=1S/C21H28N4O2S/c1-3-4-5-6-12-18(26)25-13-8-11-17(25)19(27)22-21-24-23-20(28-21)16-10-7-9-15(2)14-16/h7,9-10,14,17H,3-6,8,11-13H2,1-2H3,(H,22,24,27). The van der Waals surface area contributed by atoms with E-state index >= 15 is 0 Å². The van der Waals surface area contributed by atoms with Crippen molar-refractivity contribution in [3.05, 3.63) is 29.8 Å². The van der Waals surface area contributed by atoms with Crippen molar-refractivity contribution in [1.29, 1.82) is 0 Å². The van der Waals surface area contributed by atoms with Gasteiger partial charge >= 0.3 is 0 Å². The maximum atomic E-state index is 12.7. The fraction of sp³-hybridized carbons (Fsp3) is 0.524. The highest BCUT2D eigenvalue weighted by molar-refractivity contribution is 7.18. The van der Waals surface area contributed by atoms with Crippen LogP contribution in [0.25, 0.3) is 10.6 Å². The monoisotopic (exact) mass is 400 g/mol. The fourth-order valence-electron chi connectivity index (χ4n) is 3.54. The molecule has 1 aromatic heterocycles. The number of hydrogen-bond acceptors (Lipinski definition) is 5. The van der Waals surface area contributed by atoms with Gasteiger partial charge in [-0.25, -0.2) is 0 Å². The van der Waals surface area contributed by atoms with Crippen molar-refractivity contribution in [2.24, 2.45) is 0 Å². The van der Waals surface area contributed by atoms with E-state index in [9.17, 15) is 9.59 Å². The molecule has 1 aromatic carbocycles. The molecule has 2 amide bonds. The first-order valence-electron chi connectivity index (χ1n) is 10.1. The molecule has 1 atom stereocenters. The van der Waals surface area contributed by atoms with Gasteiger partial charge in [-0.2, -0.15) is 0 Å². The van der Waals surface area contributed by atoms with Crippen LogP contribution in [0.15, 0.2) is 24.3 Å². The molecule has 1 unspecified atom stereocenters. The summed E-state index contributed by atoms with van der Waals surface area (Å²) in [5.74, 6) is -0.0715. The molecule has 0 spiro atoms. The average Bonchev–Trinajstić information content (AvgIpc) is 3.34. The molecule has 0 radical (unpaired) electrons. The molecule has 1 aliphatic rings. The van der Waals surface area contributed by atoms with E-state index in [-0.39, 0.29) is 11.8 Å². The van der Waals surface area contributed by atoms with Gasteiger partial charge in [-0.1, -0.05) is 61.3 Å². The minimum Gasteiger partial charge on any atom is -0.331 e. The number of rotatable bonds is 8. The maximum absolute atomic E-state index is 12.7. The lowest BCUT2D eigenvalue weighted by Gasteiger charge is -2.23. The largest absolute Gasteiger partial charge is 0.331 e. The summed E-state index contributed by atoms with van der Waals surface area (Å²) < 4.78 is 0. The Balaban J connectivity index is 1.58.